The lowest BCUT2D eigenvalue weighted by Crippen LogP contribution is -2.50. The molecule has 0 fully saturated rings. The van der Waals surface area contributed by atoms with Gasteiger partial charge in [0.05, 0.1) is 5.60 Å². The minimum absolute atomic E-state index is 0.00132. The molecular formula is C12H27NO. The van der Waals surface area contributed by atoms with Crippen molar-refractivity contribution < 1.29 is 4.74 Å². The molecule has 0 aliphatic carbocycles. The topological polar surface area (TPSA) is 21.3 Å². The molecule has 0 saturated carbocycles. The predicted octanol–water partition coefficient (Wildman–Crippen LogP) is 2.97. The molecule has 0 saturated heterocycles. The van der Waals surface area contributed by atoms with E-state index in [4.69, 9.17) is 4.74 Å². The molecule has 0 aromatic carbocycles. The molecule has 0 amide bonds. The first kappa shape index (κ1) is 13.9. The fourth-order valence-electron chi connectivity index (χ4n) is 1.89. The Hall–Kier alpha value is -0.0800. The molecule has 0 spiro atoms. The summed E-state index contributed by atoms with van der Waals surface area (Å²) in [7, 11) is 0. The Kier molecular flexibility index (Phi) is 7.20. The fraction of sp³-hybridized carbons (Fsp3) is 1.00. The lowest BCUT2D eigenvalue weighted by Gasteiger charge is -2.37. The molecule has 0 aromatic heterocycles. The monoisotopic (exact) mass is 201 g/mol. The highest BCUT2D eigenvalue weighted by Crippen LogP contribution is 2.22. The maximum Gasteiger partial charge on any atom is 0.0803 e. The molecular weight excluding hydrogens is 174 g/mol. The van der Waals surface area contributed by atoms with Gasteiger partial charge in [-0.25, -0.2) is 0 Å². The van der Waals surface area contributed by atoms with E-state index in [1.807, 2.05) is 0 Å². The summed E-state index contributed by atoms with van der Waals surface area (Å²) in [6.07, 6.45) is 3.38. The third-order valence-corrected chi connectivity index (χ3v) is 2.96. The predicted molar refractivity (Wildman–Crippen MR) is 62.7 cm³/mol. The first-order valence-corrected chi connectivity index (χ1v) is 6.01. The van der Waals surface area contributed by atoms with Gasteiger partial charge in [-0.1, -0.05) is 20.8 Å². The average Bonchev–Trinajstić information content (AvgIpc) is 2.19. The summed E-state index contributed by atoms with van der Waals surface area (Å²) in [5.74, 6) is 0. The Labute approximate surface area is 89.4 Å². The minimum Gasteiger partial charge on any atom is -0.374 e. The van der Waals surface area contributed by atoms with Crippen molar-refractivity contribution in [1.82, 2.24) is 5.32 Å². The van der Waals surface area contributed by atoms with Crippen molar-refractivity contribution in [1.29, 1.82) is 0 Å². The van der Waals surface area contributed by atoms with E-state index in [1.54, 1.807) is 0 Å². The Bertz CT molecular complexity index is 138. The summed E-state index contributed by atoms with van der Waals surface area (Å²) in [4.78, 5) is 0. The number of nitrogens with one attached hydrogen (secondary N) is 1. The van der Waals surface area contributed by atoms with Crippen LogP contribution in [-0.2, 0) is 4.74 Å². The zero-order chi connectivity index (χ0) is 11.0. The highest BCUT2D eigenvalue weighted by atomic mass is 16.5. The molecule has 0 aliphatic rings. The summed E-state index contributed by atoms with van der Waals surface area (Å²) in [5.41, 5.74) is -0.00132. The highest BCUT2D eigenvalue weighted by Gasteiger charge is 2.31. The second kappa shape index (κ2) is 7.24. The van der Waals surface area contributed by atoms with Crippen molar-refractivity contribution >= 4 is 0 Å². The summed E-state index contributed by atoms with van der Waals surface area (Å²) in [6.45, 7) is 12.8. The molecule has 2 heteroatoms. The van der Waals surface area contributed by atoms with Crippen LogP contribution in [0.4, 0.5) is 0 Å². The van der Waals surface area contributed by atoms with Gasteiger partial charge in [0.2, 0.25) is 0 Å². The van der Waals surface area contributed by atoms with Gasteiger partial charge in [-0.05, 0) is 39.7 Å². The maximum absolute atomic E-state index is 5.87. The second-order valence-electron chi connectivity index (χ2n) is 4.01. The van der Waals surface area contributed by atoms with Gasteiger partial charge in [0.1, 0.15) is 0 Å². The van der Waals surface area contributed by atoms with Gasteiger partial charge in [-0.3, -0.25) is 0 Å². The van der Waals surface area contributed by atoms with E-state index in [2.05, 4.69) is 39.9 Å². The largest absolute Gasteiger partial charge is 0.374 e. The van der Waals surface area contributed by atoms with Crippen LogP contribution < -0.4 is 5.32 Å². The molecule has 86 valence electrons. The zero-order valence-electron chi connectivity index (χ0n) is 10.5. The van der Waals surface area contributed by atoms with Gasteiger partial charge in [-0.15, -0.1) is 0 Å². The van der Waals surface area contributed by atoms with Gasteiger partial charge in [0.15, 0.2) is 0 Å². The van der Waals surface area contributed by atoms with Crippen LogP contribution in [0, 0.1) is 0 Å². The second-order valence-corrected chi connectivity index (χ2v) is 4.01. The first-order chi connectivity index (χ1) is 6.64. The number of hydrogen-bond donors (Lipinski definition) is 1. The van der Waals surface area contributed by atoms with Crippen LogP contribution in [-0.4, -0.2) is 24.8 Å². The van der Waals surface area contributed by atoms with E-state index in [0.29, 0.717) is 6.04 Å². The molecule has 0 rings (SSSR count). The molecule has 14 heavy (non-hydrogen) atoms. The maximum atomic E-state index is 5.87. The Balaban J connectivity index is 4.26. The summed E-state index contributed by atoms with van der Waals surface area (Å²) in [5, 5.41) is 3.57. The standard InChI is InChI=1S/C12H27NO/c1-6-10-13-11(7-2)12(5,8-3)14-9-4/h11,13H,6-10H2,1-5H3. The summed E-state index contributed by atoms with van der Waals surface area (Å²) < 4.78 is 5.87. The van der Waals surface area contributed by atoms with Crippen LogP contribution in [0.5, 0.6) is 0 Å². The van der Waals surface area contributed by atoms with E-state index in [0.717, 1.165) is 26.0 Å². The van der Waals surface area contributed by atoms with Gasteiger partial charge in [0, 0.05) is 12.6 Å². The lowest BCUT2D eigenvalue weighted by molar-refractivity contribution is -0.0558. The third-order valence-electron chi connectivity index (χ3n) is 2.96. The normalized spacial score (nSPS) is 17.8. The smallest absolute Gasteiger partial charge is 0.0803 e. The van der Waals surface area contributed by atoms with Gasteiger partial charge in [-0.2, -0.15) is 0 Å². The molecule has 0 heterocycles. The number of hydrogen-bond acceptors (Lipinski definition) is 2. The summed E-state index contributed by atoms with van der Waals surface area (Å²) >= 11 is 0. The zero-order valence-corrected chi connectivity index (χ0v) is 10.5. The fourth-order valence-corrected chi connectivity index (χ4v) is 1.89. The third kappa shape index (κ3) is 3.97. The van der Waals surface area contributed by atoms with Crippen molar-refractivity contribution in [3.8, 4) is 0 Å². The van der Waals surface area contributed by atoms with E-state index in [-0.39, 0.29) is 5.60 Å². The van der Waals surface area contributed by atoms with Crippen LogP contribution in [0.25, 0.3) is 0 Å². The van der Waals surface area contributed by atoms with Crippen molar-refractivity contribution in [2.45, 2.75) is 65.5 Å². The molecule has 1 N–H and O–H groups in total. The molecule has 0 radical (unpaired) electrons. The van der Waals surface area contributed by atoms with Gasteiger partial charge >= 0.3 is 0 Å². The van der Waals surface area contributed by atoms with Crippen molar-refractivity contribution in [2.24, 2.45) is 0 Å². The highest BCUT2D eigenvalue weighted by molar-refractivity contribution is 4.87. The number of ether oxygens (including phenoxy) is 1. The molecule has 2 atom stereocenters. The van der Waals surface area contributed by atoms with Crippen molar-refractivity contribution in [2.75, 3.05) is 13.2 Å². The van der Waals surface area contributed by atoms with Crippen molar-refractivity contribution in [3.63, 3.8) is 0 Å². The lowest BCUT2D eigenvalue weighted by atomic mass is 9.91. The van der Waals surface area contributed by atoms with Crippen molar-refractivity contribution in [3.05, 3.63) is 0 Å². The van der Waals surface area contributed by atoms with Crippen LogP contribution in [0.2, 0.25) is 0 Å². The summed E-state index contributed by atoms with van der Waals surface area (Å²) in [6, 6.07) is 0.479. The van der Waals surface area contributed by atoms with Crippen LogP contribution in [0.3, 0.4) is 0 Å². The van der Waals surface area contributed by atoms with Gasteiger partial charge < -0.3 is 10.1 Å². The Morgan fingerprint density at radius 3 is 2.21 bits per heavy atom. The minimum atomic E-state index is -0.00132. The average molecular weight is 201 g/mol. The van der Waals surface area contributed by atoms with Crippen LogP contribution in [0.1, 0.15) is 53.9 Å². The van der Waals surface area contributed by atoms with E-state index >= 15 is 0 Å². The van der Waals surface area contributed by atoms with Gasteiger partial charge in [0.25, 0.3) is 0 Å². The SMILES string of the molecule is CCCNC(CC)C(C)(CC)OCC. The molecule has 0 aliphatic heterocycles. The number of rotatable bonds is 8. The Morgan fingerprint density at radius 2 is 1.86 bits per heavy atom. The van der Waals surface area contributed by atoms with Crippen LogP contribution >= 0.6 is 0 Å². The molecule has 2 unspecified atom stereocenters. The molecule has 0 aromatic rings. The van der Waals surface area contributed by atoms with E-state index < -0.39 is 0 Å². The molecule has 0 bridgehead atoms. The van der Waals surface area contributed by atoms with Crippen LogP contribution in [0.15, 0.2) is 0 Å². The molecule has 2 nitrogen and oxygen atoms in total. The van der Waals surface area contributed by atoms with E-state index in [1.165, 1.54) is 6.42 Å². The first-order valence-electron chi connectivity index (χ1n) is 6.01. The van der Waals surface area contributed by atoms with E-state index in [9.17, 15) is 0 Å². The quantitative estimate of drug-likeness (QED) is 0.652. The Morgan fingerprint density at radius 1 is 1.21 bits per heavy atom.